The first-order valence-corrected chi connectivity index (χ1v) is 21.4. The molecule has 0 fully saturated rings. The summed E-state index contributed by atoms with van der Waals surface area (Å²) in [5, 5.41) is 14.1. The maximum Gasteiger partial charge on any atom is 0.164 e. The smallest absolute Gasteiger partial charge is 0.164 e. The minimum absolute atomic E-state index is 0.621. The van der Waals surface area contributed by atoms with Crippen LogP contribution in [0.5, 0.6) is 0 Å². The Kier molecular flexibility index (Phi) is 7.87. The van der Waals surface area contributed by atoms with Gasteiger partial charge in [-0.15, -0.1) is 0 Å². The Morgan fingerprint density at radius 1 is 0.254 bits per heavy atom. The molecule has 13 aromatic rings. The molecule has 11 aromatic carbocycles. The van der Waals surface area contributed by atoms with Crippen molar-refractivity contribution in [1.29, 1.82) is 0 Å². The van der Waals surface area contributed by atoms with Gasteiger partial charge in [-0.25, -0.2) is 15.0 Å². The maximum atomic E-state index is 5.39. The SMILES string of the molecule is c1ccc(-c2cc(-c3nc(-c4ccc5ccccc5c4)nc(-c4ccc5ccccc5c4)n3)c3ccccc3c2-n2c3cc4ccccc4cc3c3cc4ccccc4cc32)cc1. The van der Waals surface area contributed by atoms with Gasteiger partial charge in [-0.3, -0.25) is 0 Å². The third kappa shape index (κ3) is 5.80. The zero-order chi connectivity index (χ0) is 41.4. The van der Waals surface area contributed by atoms with Crippen LogP contribution in [-0.2, 0) is 0 Å². The molecule has 0 bridgehead atoms. The second kappa shape index (κ2) is 14.1. The summed E-state index contributed by atoms with van der Waals surface area (Å²) in [4.78, 5) is 16.0. The lowest BCUT2D eigenvalue weighted by molar-refractivity contribution is 1.08. The fraction of sp³-hybridized carbons (Fsp3) is 0. The first kappa shape index (κ1) is 35.3. The van der Waals surface area contributed by atoms with E-state index in [4.69, 9.17) is 15.0 Å². The monoisotopic (exact) mass is 800 g/mol. The van der Waals surface area contributed by atoms with Crippen LogP contribution in [0.25, 0.3) is 127 Å². The predicted octanol–water partition coefficient (Wildman–Crippen LogP) is 15.4. The van der Waals surface area contributed by atoms with Crippen molar-refractivity contribution in [3.8, 4) is 51.0 Å². The van der Waals surface area contributed by atoms with E-state index in [0.29, 0.717) is 17.5 Å². The fourth-order valence-electron chi connectivity index (χ4n) is 9.66. The summed E-state index contributed by atoms with van der Waals surface area (Å²) in [6.07, 6.45) is 0. The molecule has 63 heavy (non-hydrogen) atoms. The van der Waals surface area contributed by atoms with Crippen molar-refractivity contribution < 1.29 is 0 Å². The van der Waals surface area contributed by atoms with Crippen LogP contribution in [-0.4, -0.2) is 19.5 Å². The molecule has 0 saturated heterocycles. The first-order valence-electron chi connectivity index (χ1n) is 21.4. The average molecular weight is 801 g/mol. The van der Waals surface area contributed by atoms with E-state index in [2.05, 4.69) is 223 Å². The van der Waals surface area contributed by atoms with E-state index < -0.39 is 0 Å². The Balaban J connectivity index is 1.14. The summed E-state index contributed by atoms with van der Waals surface area (Å²) in [5.74, 6) is 1.88. The lowest BCUT2D eigenvalue weighted by atomic mass is 9.93. The molecule has 4 heteroatoms. The van der Waals surface area contributed by atoms with Gasteiger partial charge in [-0.2, -0.15) is 0 Å². The Bertz CT molecular complexity index is 3790. The summed E-state index contributed by atoms with van der Waals surface area (Å²) in [7, 11) is 0. The van der Waals surface area contributed by atoms with Crippen molar-refractivity contribution in [1.82, 2.24) is 19.5 Å². The van der Waals surface area contributed by atoms with Gasteiger partial charge in [0, 0.05) is 38.4 Å². The van der Waals surface area contributed by atoms with Gasteiger partial charge in [-0.05, 0) is 96.5 Å². The van der Waals surface area contributed by atoms with Crippen LogP contribution in [0.1, 0.15) is 0 Å². The summed E-state index contributed by atoms with van der Waals surface area (Å²) in [5.41, 5.74) is 8.44. The van der Waals surface area contributed by atoms with Crippen molar-refractivity contribution in [3.63, 3.8) is 0 Å². The van der Waals surface area contributed by atoms with Gasteiger partial charge in [-0.1, -0.05) is 176 Å². The summed E-state index contributed by atoms with van der Waals surface area (Å²) in [6.45, 7) is 0. The molecule has 0 amide bonds. The first-order chi connectivity index (χ1) is 31.2. The molecule has 4 nitrogen and oxygen atoms in total. The molecule has 2 heterocycles. The highest BCUT2D eigenvalue weighted by Crippen LogP contribution is 2.45. The Morgan fingerprint density at radius 3 is 1.19 bits per heavy atom. The predicted molar refractivity (Wildman–Crippen MR) is 263 cm³/mol. The lowest BCUT2D eigenvalue weighted by Crippen LogP contribution is -2.03. The second-order valence-corrected chi connectivity index (χ2v) is 16.4. The molecular weight excluding hydrogens is 765 g/mol. The third-order valence-electron chi connectivity index (χ3n) is 12.7. The molecule has 0 saturated carbocycles. The number of rotatable bonds is 5. The topological polar surface area (TPSA) is 43.6 Å². The van der Waals surface area contributed by atoms with Gasteiger partial charge in [0.15, 0.2) is 17.5 Å². The number of aromatic nitrogens is 4. The van der Waals surface area contributed by atoms with E-state index in [1.165, 1.54) is 43.1 Å². The van der Waals surface area contributed by atoms with Crippen molar-refractivity contribution in [2.24, 2.45) is 0 Å². The molecule has 0 aliphatic carbocycles. The zero-order valence-electron chi connectivity index (χ0n) is 34.1. The van der Waals surface area contributed by atoms with Crippen LogP contribution >= 0.6 is 0 Å². The molecule has 0 atom stereocenters. The van der Waals surface area contributed by atoms with E-state index in [0.717, 1.165) is 66.1 Å². The normalized spacial score (nSPS) is 11.8. The van der Waals surface area contributed by atoms with E-state index >= 15 is 0 Å². The van der Waals surface area contributed by atoms with Gasteiger partial charge in [0.2, 0.25) is 0 Å². The van der Waals surface area contributed by atoms with Gasteiger partial charge in [0.1, 0.15) is 0 Å². The zero-order valence-corrected chi connectivity index (χ0v) is 34.1. The molecule has 2 aromatic heterocycles. The van der Waals surface area contributed by atoms with Gasteiger partial charge in [0.25, 0.3) is 0 Å². The highest BCUT2D eigenvalue weighted by atomic mass is 15.0. The highest BCUT2D eigenvalue weighted by Gasteiger charge is 2.24. The number of hydrogen-bond acceptors (Lipinski definition) is 3. The molecule has 0 aliphatic heterocycles. The van der Waals surface area contributed by atoms with Crippen molar-refractivity contribution in [3.05, 3.63) is 218 Å². The number of nitrogens with zero attached hydrogens (tertiary/aromatic N) is 4. The number of hydrogen-bond donors (Lipinski definition) is 0. The van der Waals surface area contributed by atoms with Crippen LogP contribution in [0, 0.1) is 0 Å². The second-order valence-electron chi connectivity index (χ2n) is 16.4. The van der Waals surface area contributed by atoms with E-state index in [-0.39, 0.29) is 0 Å². The molecule has 0 aliphatic rings. The third-order valence-corrected chi connectivity index (χ3v) is 12.7. The largest absolute Gasteiger partial charge is 0.308 e. The molecule has 0 spiro atoms. The van der Waals surface area contributed by atoms with Crippen molar-refractivity contribution >= 4 is 75.7 Å². The van der Waals surface area contributed by atoms with Gasteiger partial charge < -0.3 is 4.57 Å². The summed E-state index contributed by atoms with van der Waals surface area (Å²) >= 11 is 0. The van der Waals surface area contributed by atoms with Crippen molar-refractivity contribution in [2.45, 2.75) is 0 Å². The van der Waals surface area contributed by atoms with E-state index in [9.17, 15) is 0 Å². The van der Waals surface area contributed by atoms with E-state index in [1.807, 2.05) is 0 Å². The molecule has 0 radical (unpaired) electrons. The fourth-order valence-corrected chi connectivity index (χ4v) is 9.66. The van der Waals surface area contributed by atoms with Crippen LogP contribution in [0.4, 0.5) is 0 Å². The Labute approximate surface area is 363 Å². The van der Waals surface area contributed by atoms with Crippen LogP contribution in [0.3, 0.4) is 0 Å². The molecule has 0 unspecified atom stereocenters. The summed E-state index contributed by atoms with van der Waals surface area (Å²) < 4.78 is 2.51. The van der Waals surface area contributed by atoms with Gasteiger partial charge in [0.05, 0.1) is 16.7 Å². The average Bonchev–Trinajstić information content (AvgIpc) is 3.65. The molecular formula is C59H36N4. The quantitative estimate of drug-likeness (QED) is 0.174. The standard InChI is InChI=1S/C59H36N4/c1-2-16-39(17-3-1)50-36-53(59-61-57(46-28-26-37-14-4-6-18-40(37)30-46)60-58(62-59)47-29-27-38-15-5-7-19-41(38)31-47)48-24-12-13-25-49(48)56(50)63-54-34-44-22-10-8-20-42(44)32-51(54)52-33-43-21-9-11-23-45(43)35-55(52)63/h1-36H. The van der Waals surface area contributed by atoms with Crippen LogP contribution < -0.4 is 0 Å². The molecule has 13 rings (SSSR count). The minimum atomic E-state index is 0.621. The summed E-state index contributed by atoms with van der Waals surface area (Å²) in [6, 6.07) is 78.4. The number of fused-ring (bicyclic) bond motifs is 8. The molecule has 0 N–H and O–H groups in total. The maximum absolute atomic E-state index is 5.39. The Hall–Kier alpha value is -8.47. The van der Waals surface area contributed by atoms with Gasteiger partial charge >= 0.3 is 0 Å². The van der Waals surface area contributed by atoms with Crippen molar-refractivity contribution in [2.75, 3.05) is 0 Å². The van der Waals surface area contributed by atoms with E-state index in [1.54, 1.807) is 0 Å². The minimum Gasteiger partial charge on any atom is -0.308 e. The van der Waals surface area contributed by atoms with Crippen LogP contribution in [0.15, 0.2) is 218 Å². The number of benzene rings is 11. The van der Waals surface area contributed by atoms with Crippen LogP contribution in [0.2, 0.25) is 0 Å². The highest BCUT2D eigenvalue weighted by molar-refractivity contribution is 6.19. The Morgan fingerprint density at radius 2 is 0.667 bits per heavy atom. The molecule has 292 valence electrons. The lowest BCUT2D eigenvalue weighted by Gasteiger charge is -2.20.